The van der Waals surface area contributed by atoms with Crippen LogP contribution >= 0.6 is 0 Å². The number of nitrogens with zero attached hydrogens (tertiary/aromatic N) is 1. The summed E-state index contributed by atoms with van der Waals surface area (Å²) in [6, 6.07) is 0.222. The molecule has 0 unspecified atom stereocenters. The van der Waals surface area contributed by atoms with E-state index in [0.717, 1.165) is 25.7 Å². The molecule has 0 aromatic carbocycles. The van der Waals surface area contributed by atoms with Gasteiger partial charge in [0.05, 0.1) is 13.0 Å². The van der Waals surface area contributed by atoms with Gasteiger partial charge in [0.15, 0.2) is 0 Å². The summed E-state index contributed by atoms with van der Waals surface area (Å²) in [6.45, 7) is 3.91. The van der Waals surface area contributed by atoms with Crippen molar-refractivity contribution in [1.29, 1.82) is 0 Å². The lowest BCUT2D eigenvalue weighted by Gasteiger charge is -2.32. The third-order valence-electron chi connectivity index (χ3n) is 3.69. The monoisotopic (exact) mass is 271 g/mol. The van der Waals surface area contributed by atoms with E-state index in [9.17, 15) is 9.59 Å². The van der Waals surface area contributed by atoms with Gasteiger partial charge < -0.3 is 15.1 Å². The Kier molecular flexibility index (Phi) is 5.79. The maximum atomic E-state index is 12.3. The zero-order valence-corrected chi connectivity index (χ0v) is 11.9. The highest BCUT2D eigenvalue weighted by molar-refractivity contribution is 5.78. The van der Waals surface area contributed by atoms with Gasteiger partial charge in [-0.2, -0.15) is 0 Å². The predicted octanol–water partition coefficient (Wildman–Crippen LogP) is 1.64. The Balaban J connectivity index is 2.63. The lowest BCUT2D eigenvalue weighted by molar-refractivity contribution is -0.141. The first-order valence-corrected chi connectivity index (χ1v) is 6.98. The fourth-order valence-corrected chi connectivity index (χ4v) is 2.82. The molecule has 0 atom stereocenters. The maximum absolute atomic E-state index is 12.3. The molecule has 0 bridgehead atoms. The molecule has 2 N–H and O–H groups in total. The predicted molar refractivity (Wildman–Crippen MR) is 71.7 cm³/mol. The third-order valence-corrected chi connectivity index (χ3v) is 3.69. The van der Waals surface area contributed by atoms with Crippen molar-refractivity contribution < 1.29 is 19.8 Å². The summed E-state index contributed by atoms with van der Waals surface area (Å²) in [4.78, 5) is 24.9. The van der Waals surface area contributed by atoms with Crippen LogP contribution in [0.15, 0.2) is 0 Å². The third kappa shape index (κ3) is 5.19. The summed E-state index contributed by atoms with van der Waals surface area (Å²) in [6.07, 6.45) is 4.43. The lowest BCUT2D eigenvalue weighted by atomic mass is 9.85. The average molecular weight is 271 g/mol. The topological polar surface area (TPSA) is 77.8 Å². The Bertz CT molecular complexity index is 321. The van der Waals surface area contributed by atoms with Gasteiger partial charge in [-0.05, 0) is 18.3 Å². The zero-order valence-electron chi connectivity index (χ0n) is 11.9. The van der Waals surface area contributed by atoms with E-state index in [1.165, 1.54) is 0 Å². The molecule has 1 aliphatic carbocycles. The highest BCUT2D eigenvalue weighted by atomic mass is 16.4. The number of carboxylic acid groups (broad SMARTS) is 1. The Morgan fingerprint density at radius 2 is 1.79 bits per heavy atom. The molecule has 5 heteroatoms. The Morgan fingerprint density at radius 1 is 1.21 bits per heavy atom. The number of aliphatic hydroxyl groups excluding tert-OH is 1. The quantitative estimate of drug-likeness (QED) is 0.738. The van der Waals surface area contributed by atoms with E-state index in [1.54, 1.807) is 18.7 Å². The van der Waals surface area contributed by atoms with Gasteiger partial charge in [-0.1, -0.05) is 26.7 Å². The number of aliphatic hydroxyl groups is 1. The average Bonchev–Trinajstić information content (AvgIpc) is 2.75. The number of carbonyl (C=O) groups is 2. The molecule has 0 heterocycles. The van der Waals surface area contributed by atoms with Crippen molar-refractivity contribution >= 4 is 11.9 Å². The van der Waals surface area contributed by atoms with Crippen molar-refractivity contribution in [2.75, 3.05) is 13.2 Å². The summed E-state index contributed by atoms with van der Waals surface area (Å²) in [7, 11) is 0. The smallest absolute Gasteiger partial charge is 0.303 e. The van der Waals surface area contributed by atoms with Gasteiger partial charge >= 0.3 is 5.97 Å². The highest BCUT2D eigenvalue weighted by Crippen LogP contribution is 2.29. The summed E-state index contributed by atoms with van der Waals surface area (Å²) in [5.41, 5.74) is -0.546. The normalized spacial score (nSPS) is 16.6. The van der Waals surface area contributed by atoms with E-state index in [0.29, 0.717) is 6.54 Å². The van der Waals surface area contributed by atoms with Gasteiger partial charge in [0.25, 0.3) is 0 Å². The first kappa shape index (κ1) is 16.0. The second-order valence-electron chi connectivity index (χ2n) is 6.16. The van der Waals surface area contributed by atoms with Crippen molar-refractivity contribution in [2.45, 2.75) is 58.4 Å². The highest BCUT2D eigenvalue weighted by Gasteiger charge is 2.31. The molecular formula is C14H25NO4. The van der Waals surface area contributed by atoms with E-state index in [4.69, 9.17) is 10.2 Å². The Hall–Kier alpha value is -1.10. The van der Waals surface area contributed by atoms with Crippen molar-refractivity contribution in [1.82, 2.24) is 4.90 Å². The van der Waals surface area contributed by atoms with E-state index in [-0.39, 0.29) is 31.4 Å². The molecule has 0 aliphatic heterocycles. The molecule has 1 amide bonds. The van der Waals surface area contributed by atoms with Crippen molar-refractivity contribution in [3.8, 4) is 0 Å². The minimum absolute atomic E-state index is 0.0175. The van der Waals surface area contributed by atoms with Crippen LogP contribution in [-0.2, 0) is 9.59 Å². The number of amides is 1. The maximum Gasteiger partial charge on any atom is 0.303 e. The van der Waals surface area contributed by atoms with Crippen LogP contribution in [0.3, 0.4) is 0 Å². The minimum atomic E-state index is -0.882. The molecule has 0 aromatic heterocycles. The van der Waals surface area contributed by atoms with Gasteiger partial charge in [-0.3, -0.25) is 9.59 Å². The molecule has 1 aliphatic rings. The number of hydrogen-bond acceptors (Lipinski definition) is 3. The molecule has 1 rings (SSSR count). The number of rotatable bonds is 7. The summed E-state index contributed by atoms with van der Waals surface area (Å²) < 4.78 is 0. The number of carbonyl (C=O) groups excluding carboxylic acids is 1. The summed E-state index contributed by atoms with van der Waals surface area (Å²) in [5.74, 6) is -0.917. The molecule has 1 saturated carbocycles. The molecule has 1 fully saturated rings. The van der Waals surface area contributed by atoms with Crippen LogP contribution in [0.25, 0.3) is 0 Å². The first-order valence-electron chi connectivity index (χ1n) is 6.98. The fraction of sp³-hybridized carbons (Fsp3) is 0.857. The number of hydrogen-bond donors (Lipinski definition) is 2. The van der Waals surface area contributed by atoms with Crippen LogP contribution in [0.2, 0.25) is 0 Å². The zero-order chi connectivity index (χ0) is 14.5. The lowest BCUT2D eigenvalue weighted by Crippen LogP contribution is -2.42. The molecule has 19 heavy (non-hydrogen) atoms. The van der Waals surface area contributed by atoms with E-state index >= 15 is 0 Å². The molecule has 5 nitrogen and oxygen atoms in total. The van der Waals surface area contributed by atoms with E-state index in [2.05, 4.69) is 0 Å². The summed E-state index contributed by atoms with van der Waals surface area (Å²) in [5, 5.41) is 18.0. The molecule has 0 aromatic rings. The van der Waals surface area contributed by atoms with Gasteiger partial charge in [0, 0.05) is 19.0 Å². The first-order chi connectivity index (χ1) is 8.85. The SMILES string of the molecule is CC(C)(CC(=O)O)CC(=O)N(CCO)C1CCCC1. The van der Waals surface area contributed by atoms with Crippen molar-refractivity contribution in [3.05, 3.63) is 0 Å². The van der Waals surface area contributed by atoms with Crippen molar-refractivity contribution in [2.24, 2.45) is 5.41 Å². The van der Waals surface area contributed by atoms with Crippen LogP contribution in [0.4, 0.5) is 0 Å². The van der Waals surface area contributed by atoms with Crippen LogP contribution in [0.5, 0.6) is 0 Å². The van der Waals surface area contributed by atoms with Gasteiger partial charge in [-0.25, -0.2) is 0 Å². The largest absolute Gasteiger partial charge is 0.481 e. The molecule has 0 saturated heterocycles. The Morgan fingerprint density at radius 3 is 2.26 bits per heavy atom. The number of aliphatic carboxylic acids is 1. The molecular weight excluding hydrogens is 246 g/mol. The van der Waals surface area contributed by atoms with Gasteiger partial charge in [-0.15, -0.1) is 0 Å². The second kappa shape index (κ2) is 6.89. The van der Waals surface area contributed by atoms with E-state index in [1.807, 2.05) is 0 Å². The molecule has 110 valence electrons. The van der Waals surface area contributed by atoms with Crippen LogP contribution in [-0.4, -0.2) is 46.2 Å². The fourth-order valence-electron chi connectivity index (χ4n) is 2.82. The van der Waals surface area contributed by atoms with Crippen LogP contribution in [0, 0.1) is 5.41 Å². The van der Waals surface area contributed by atoms with Gasteiger partial charge in [0.1, 0.15) is 0 Å². The summed E-state index contributed by atoms with van der Waals surface area (Å²) >= 11 is 0. The number of carboxylic acids is 1. The minimum Gasteiger partial charge on any atom is -0.481 e. The molecule has 0 spiro atoms. The standard InChI is InChI=1S/C14H25NO4/c1-14(2,10-13(18)19)9-12(17)15(7-8-16)11-5-3-4-6-11/h11,16H,3-10H2,1-2H3,(H,18,19). The van der Waals surface area contributed by atoms with Crippen molar-refractivity contribution in [3.63, 3.8) is 0 Å². The molecule has 0 radical (unpaired) electrons. The van der Waals surface area contributed by atoms with E-state index < -0.39 is 11.4 Å². The Labute approximate surface area is 114 Å². The van der Waals surface area contributed by atoms with Crippen LogP contribution in [0.1, 0.15) is 52.4 Å². The van der Waals surface area contributed by atoms with Crippen LogP contribution < -0.4 is 0 Å². The second-order valence-corrected chi connectivity index (χ2v) is 6.16. The van der Waals surface area contributed by atoms with Gasteiger partial charge in [0.2, 0.25) is 5.91 Å².